The molecule has 306 valence electrons. The Labute approximate surface area is 310 Å². The molecule has 2 unspecified atom stereocenters. The van der Waals surface area contributed by atoms with Gasteiger partial charge in [0.1, 0.15) is 36.3 Å². The van der Waals surface area contributed by atoms with Crippen molar-refractivity contribution in [1.82, 2.24) is 30.2 Å². The maximum atomic E-state index is 12.5. The van der Waals surface area contributed by atoms with E-state index in [0.717, 1.165) is 29.0 Å². The summed E-state index contributed by atoms with van der Waals surface area (Å²) in [6.45, 7) is 1.21. The number of hydrogen-bond donors (Lipinski definition) is 6. The molecule has 0 aliphatic carbocycles. The normalized spacial score (nSPS) is 22.6. The Morgan fingerprint density at radius 1 is 1.09 bits per heavy atom. The van der Waals surface area contributed by atoms with Crippen molar-refractivity contribution in [2.75, 3.05) is 44.4 Å². The Bertz CT molecular complexity index is 1780. The van der Waals surface area contributed by atoms with Gasteiger partial charge in [0.25, 0.3) is 15.6 Å². The number of aliphatic hydroxyl groups excluding tert-OH is 3. The number of nitrogen functional groups attached to an aromatic ring is 1. The number of aromatic nitrogens is 4. The third-order valence-corrected chi connectivity index (χ3v) is 11.5. The van der Waals surface area contributed by atoms with Crippen LogP contribution in [0.5, 0.6) is 0 Å². The van der Waals surface area contributed by atoms with Gasteiger partial charge in [-0.25, -0.2) is 19.3 Å². The molecule has 1 fully saturated rings. The average Bonchev–Trinajstić information content (AvgIpc) is 3.64. The molecule has 1 saturated heterocycles. The summed E-state index contributed by atoms with van der Waals surface area (Å²) in [6, 6.07) is 0. The largest absolute Gasteiger partial charge is 0.790 e. The lowest BCUT2D eigenvalue weighted by molar-refractivity contribution is -0.347. The van der Waals surface area contributed by atoms with E-state index in [-0.39, 0.29) is 54.0 Å². The summed E-state index contributed by atoms with van der Waals surface area (Å²) < 4.78 is 60.3. The SMILES string of the molecule is C[C@@H](CO)C(=O)SCCNC(=O)CCNC(=O)[C@H](O)C(C)(C)COP(=O)([O-])OP(=O)([O-])OC[C@H]1O[C@@H](n2cnc3c(N)ncnc32)[C@H](O)[C@@H]1OP(=O)([O-])[O-]. The molecule has 0 aromatic carbocycles. The van der Waals surface area contributed by atoms with E-state index >= 15 is 0 Å². The summed E-state index contributed by atoms with van der Waals surface area (Å²) in [5.74, 6) is -1.91. The average molecular weight is 850 g/mol. The maximum absolute atomic E-state index is 12.5. The van der Waals surface area contributed by atoms with Crippen LogP contribution in [0.4, 0.5) is 5.82 Å². The molecule has 0 saturated carbocycles. The molecule has 54 heavy (non-hydrogen) atoms. The second-order valence-corrected chi connectivity index (χ2v) is 17.4. The number of nitrogens with one attached hydrogen (secondary N) is 2. The molecule has 7 N–H and O–H groups in total. The Morgan fingerprint density at radius 2 is 1.76 bits per heavy atom. The van der Waals surface area contributed by atoms with Gasteiger partial charge in [0.15, 0.2) is 22.8 Å². The molecule has 2 amide bonds. The lowest BCUT2D eigenvalue weighted by atomic mass is 9.87. The first kappa shape index (κ1) is 45.9. The molecule has 1 aliphatic heterocycles. The van der Waals surface area contributed by atoms with Gasteiger partial charge in [0.05, 0.1) is 34.0 Å². The van der Waals surface area contributed by atoms with Crippen LogP contribution in [0.2, 0.25) is 0 Å². The summed E-state index contributed by atoms with van der Waals surface area (Å²) in [7, 11) is -17.6. The number of ether oxygens (including phenoxy) is 1. The van der Waals surface area contributed by atoms with Crippen LogP contribution in [0.1, 0.15) is 33.4 Å². The molecular weight excluding hydrogens is 811 g/mol. The molecule has 2 aromatic heterocycles. The van der Waals surface area contributed by atoms with Gasteiger partial charge >= 0.3 is 0 Å². The van der Waals surface area contributed by atoms with Gasteiger partial charge in [-0.3, -0.25) is 28.1 Å². The first-order chi connectivity index (χ1) is 25.0. The van der Waals surface area contributed by atoms with Gasteiger partial charge in [-0.1, -0.05) is 32.5 Å². The van der Waals surface area contributed by atoms with Crippen LogP contribution >= 0.6 is 35.2 Å². The summed E-state index contributed by atoms with van der Waals surface area (Å²) in [4.78, 5) is 95.4. The number of anilines is 1. The van der Waals surface area contributed by atoms with Crippen molar-refractivity contribution < 1.29 is 85.6 Å². The lowest BCUT2D eigenvalue weighted by Gasteiger charge is -2.36. The number of phosphoric acid groups is 3. The highest BCUT2D eigenvalue weighted by Crippen LogP contribution is 2.56. The van der Waals surface area contributed by atoms with Crippen molar-refractivity contribution in [2.45, 2.75) is 57.8 Å². The molecule has 8 atom stereocenters. The topological polar surface area (TPSA) is 395 Å². The predicted molar refractivity (Wildman–Crippen MR) is 174 cm³/mol. The first-order valence-electron chi connectivity index (χ1n) is 15.6. The summed E-state index contributed by atoms with van der Waals surface area (Å²) in [6.07, 6.45) is -7.66. The minimum Gasteiger partial charge on any atom is -0.790 e. The fourth-order valence-electron chi connectivity index (χ4n) is 4.48. The van der Waals surface area contributed by atoms with Gasteiger partial charge in [0.2, 0.25) is 11.8 Å². The van der Waals surface area contributed by atoms with E-state index in [9.17, 15) is 57.9 Å². The van der Waals surface area contributed by atoms with Crippen molar-refractivity contribution in [2.24, 2.45) is 11.3 Å². The van der Waals surface area contributed by atoms with E-state index in [1.807, 2.05) is 0 Å². The van der Waals surface area contributed by atoms with Crippen LogP contribution in [-0.2, 0) is 50.7 Å². The number of carbonyl (C=O) groups excluding carboxylic acids is 3. The molecular formula is C25H38N7O18P3S-4. The number of imidazole rings is 1. The highest BCUT2D eigenvalue weighted by molar-refractivity contribution is 8.13. The van der Waals surface area contributed by atoms with Crippen LogP contribution in [0, 0.1) is 11.3 Å². The van der Waals surface area contributed by atoms with E-state index in [2.05, 4.69) is 43.5 Å². The molecule has 3 rings (SSSR count). The second-order valence-electron chi connectivity index (χ2n) is 12.2. The van der Waals surface area contributed by atoms with Crippen molar-refractivity contribution in [3.8, 4) is 0 Å². The van der Waals surface area contributed by atoms with Crippen LogP contribution < -0.4 is 35.9 Å². The number of carbonyl (C=O) groups is 3. The third-order valence-electron chi connectivity index (χ3n) is 7.40. The quantitative estimate of drug-likeness (QED) is 0.0512. The number of hydrogen-bond acceptors (Lipinski definition) is 23. The zero-order valence-corrected chi connectivity index (χ0v) is 32.1. The zero-order chi connectivity index (χ0) is 40.6. The van der Waals surface area contributed by atoms with Gasteiger partial charge in [-0.05, 0) is 0 Å². The zero-order valence-electron chi connectivity index (χ0n) is 28.7. The summed E-state index contributed by atoms with van der Waals surface area (Å²) in [5, 5.41) is 34.8. The highest BCUT2D eigenvalue weighted by Gasteiger charge is 2.47. The van der Waals surface area contributed by atoms with Crippen molar-refractivity contribution in [1.29, 1.82) is 0 Å². The highest BCUT2D eigenvalue weighted by atomic mass is 32.2. The van der Waals surface area contributed by atoms with Gasteiger partial charge < -0.3 is 74.1 Å². The Kier molecular flexibility index (Phi) is 16.2. The molecule has 3 heterocycles. The molecule has 0 radical (unpaired) electrons. The lowest BCUT2D eigenvalue weighted by Crippen LogP contribution is -2.46. The van der Waals surface area contributed by atoms with E-state index in [0.29, 0.717) is 0 Å². The number of nitrogens with two attached hydrogens (primary N) is 1. The van der Waals surface area contributed by atoms with Crippen molar-refractivity contribution in [3.63, 3.8) is 0 Å². The Balaban J connectivity index is 1.51. The van der Waals surface area contributed by atoms with E-state index < -0.39 is 90.5 Å². The maximum Gasteiger partial charge on any atom is 0.274 e. The summed E-state index contributed by atoms with van der Waals surface area (Å²) in [5.41, 5.74) is 4.04. The fourth-order valence-corrected chi connectivity index (χ4v) is 7.98. The van der Waals surface area contributed by atoms with Crippen LogP contribution in [0.15, 0.2) is 12.7 Å². The Hall–Kier alpha value is -2.48. The molecule has 29 heteroatoms. The monoisotopic (exact) mass is 849 g/mol. The van der Waals surface area contributed by atoms with E-state index in [1.54, 1.807) is 6.92 Å². The van der Waals surface area contributed by atoms with Crippen LogP contribution in [-0.4, -0.2) is 115 Å². The number of phosphoric ester groups is 3. The van der Waals surface area contributed by atoms with E-state index in [4.69, 9.17) is 15.6 Å². The second kappa shape index (κ2) is 19.1. The number of rotatable bonds is 21. The predicted octanol–water partition coefficient (Wildman–Crippen LogP) is -4.23. The number of fused-ring (bicyclic) bond motifs is 1. The molecule has 2 aromatic rings. The number of aliphatic hydroxyl groups is 3. The number of thioether (sulfide) groups is 1. The van der Waals surface area contributed by atoms with Gasteiger partial charge in [0, 0.05) is 36.6 Å². The number of amides is 2. The van der Waals surface area contributed by atoms with Crippen LogP contribution in [0.25, 0.3) is 11.2 Å². The molecule has 0 spiro atoms. The minimum absolute atomic E-state index is 0.0260. The van der Waals surface area contributed by atoms with Crippen LogP contribution in [0.3, 0.4) is 0 Å². The number of nitrogens with zero attached hydrogens (tertiary/aromatic N) is 4. The smallest absolute Gasteiger partial charge is 0.274 e. The summed E-state index contributed by atoms with van der Waals surface area (Å²) >= 11 is 0.931. The van der Waals surface area contributed by atoms with Crippen molar-refractivity contribution >= 4 is 69.1 Å². The van der Waals surface area contributed by atoms with Gasteiger partial charge in [-0.2, -0.15) is 0 Å². The third kappa shape index (κ3) is 13.3. The fraction of sp³-hybridized carbons (Fsp3) is 0.680. The van der Waals surface area contributed by atoms with E-state index in [1.165, 1.54) is 13.8 Å². The van der Waals surface area contributed by atoms with Crippen molar-refractivity contribution in [3.05, 3.63) is 12.7 Å². The molecule has 1 aliphatic rings. The molecule has 0 bridgehead atoms. The molecule has 25 nitrogen and oxygen atoms in total. The standard InChI is InChI=1S/C25H42N7O18P3S/c1-13(8-33)24(38)54-7-6-27-15(34)4-5-28-22(37)19(36)25(2,3)10-47-53(44,45)50-52(42,43)46-9-14-18(49-51(39,40)41)17(35)23(48-14)32-12-31-16-20(26)29-11-30-21(16)32/h11-14,17-19,23,33,35-36H,4-10H2,1-3H3,(H,27,34)(H,28,37)(H,42,43)(H,44,45)(H2,26,29,30)(H2,39,40,41)/p-4/t13-,14+,17+,18+,19-,23+/m0/s1. The van der Waals surface area contributed by atoms with Gasteiger partial charge in [-0.15, -0.1) is 0 Å². The Morgan fingerprint density at radius 3 is 2.41 bits per heavy atom. The first-order valence-corrected chi connectivity index (χ1v) is 20.9. The minimum atomic E-state index is -5.92.